The molecule has 0 aliphatic heterocycles. The summed E-state index contributed by atoms with van der Waals surface area (Å²) >= 11 is 0. The van der Waals surface area contributed by atoms with Crippen LogP contribution in [0.15, 0.2) is 54.6 Å². The van der Waals surface area contributed by atoms with Crippen molar-refractivity contribution in [3.05, 3.63) is 65.7 Å². The molecule has 0 bridgehead atoms. The highest BCUT2D eigenvalue weighted by Crippen LogP contribution is 2.16. The monoisotopic (exact) mass is 246 g/mol. The molecule has 0 amide bonds. The van der Waals surface area contributed by atoms with E-state index in [2.05, 4.69) is 17.3 Å². The van der Waals surface area contributed by atoms with Gasteiger partial charge < -0.3 is 5.32 Å². The average Bonchev–Trinajstić information content (AvgIpc) is 2.49. The van der Waals surface area contributed by atoms with Crippen LogP contribution < -0.4 is 5.32 Å². The lowest BCUT2D eigenvalue weighted by Crippen LogP contribution is -2.11. The highest BCUT2D eigenvalue weighted by molar-refractivity contribution is 5.50. The smallest absolute Gasteiger partial charge is 0.0885 e. The Kier molecular flexibility index (Phi) is 4.21. The fourth-order valence-corrected chi connectivity index (χ4v) is 1.86. The van der Waals surface area contributed by atoms with Gasteiger partial charge >= 0.3 is 0 Å². The maximum Gasteiger partial charge on any atom is 0.0885 e. The Labute approximate surface area is 113 Å². The molecular weight excluding hydrogens is 232 g/mol. The zero-order valence-electron chi connectivity index (χ0n) is 10.5. The molecule has 0 saturated carbocycles. The number of rotatable bonds is 4. The summed E-state index contributed by atoms with van der Waals surface area (Å²) in [7, 11) is 0. The Morgan fingerprint density at radius 2 is 1.89 bits per heavy atom. The highest BCUT2D eigenvalue weighted by atomic mass is 14.9. The van der Waals surface area contributed by atoms with Crippen molar-refractivity contribution in [1.29, 1.82) is 5.26 Å². The second-order valence-electron chi connectivity index (χ2n) is 4.20. The van der Waals surface area contributed by atoms with Crippen molar-refractivity contribution in [2.75, 3.05) is 11.9 Å². The molecule has 2 rings (SSSR count). The molecule has 2 aromatic rings. The molecule has 92 valence electrons. The highest BCUT2D eigenvalue weighted by Gasteiger charge is 2.09. The number of nitriles is 1. The number of anilines is 1. The summed E-state index contributed by atoms with van der Waals surface area (Å²) in [6.07, 6.45) is 5.36. The molecule has 19 heavy (non-hydrogen) atoms. The normalized spacial score (nSPS) is 11.1. The summed E-state index contributed by atoms with van der Waals surface area (Å²) in [5.41, 5.74) is 2.79. The van der Waals surface area contributed by atoms with E-state index in [0.717, 1.165) is 16.8 Å². The largest absolute Gasteiger partial charge is 0.383 e. The van der Waals surface area contributed by atoms with E-state index >= 15 is 0 Å². The maximum atomic E-state index is 9.24. The lowest BCUT2D eigenvalue weighted by Gasteiger charge is -2.12. The van der Waals surface area contributed by atoms with Crippen molar-refractivity contribution in [2.45, 2.75) is 5.92 Å². The number of nitrogens with one attached hydrogen (secondary N) is 1. The Bertz CT molecular complexity index is 618. The van der Waals surface area contributed by atoms with Crippen molar-refractivity contribution in [2.24, 2.45) is 0 Å². The van der Waals surface area contributed by atoms with E-state index in [9.17, 15) is 5.26 Å². The number of hydrogen-bond acceptors (Lipinski definition) is 2. The van der Waals surface area contributed by atoms with Crippen LogP contribution in [0.3, 0.4) is 0 Å². The van der Waals surface area contributed by atoms with E-state index in [1.54, 1.807) is 0 Å². The molecule has 0 spiro atoms. The molecule has 1 atom stereocenters. The molecule has 0 fully saturated rings. The number of hydrogen-bond donors (Lipinski definition) is 1. The Morgan fingerprint density at radius 1 is 1.11 bits per heavy atom. The minimum Gasteiger partial charge on any atom is -0.383 e. The number of nitrogens with zero attached hydrogens (tertiary/aromatic N) is 1. The summed E-state index contributed by atoms with van der Waals surface area (Å²) in [5, 5.41) is 12.5. The van der Waals surface area contributed by atoms with Crippen LogP contribution >= 0.6 is 0 Å². The van der Waals surface area contributed by atoms with Gasteiger partial charge in [0, 0.05) is 17.8 Å². The van der Waals surface area contributed by atoms with Gasteiger partial charge in [-0.05, 0) is 23.8 Å². The lowest BCUT2D eigenvalue weighted by atomic mass is 10.0. The van der Waals surface area contributed by atoms with E-state index < -0.39 is 0 Å². The van der Waals surface area contributed by atoms with Crippen molar-refractivity contribution in [3.8, 4) is 18.4 Å². The number of terminal acetylenes is 1. The predicted molar refractivity (Wildman–Crippen MR) is 77.7 cm³/mol. The molecule has 1 N–H and O–H groups in total. The van der Waals surface area contributed by atoms with Crippen LogP contribution in [0, 0.1) is 23.7 Å². The van der Waals surface area contributed by atoms with Gasteiger partial charge in [-0.3, -0.25) is 0 Å². The molecule has 2 aromatic carbocycles. The molecule has 0 aromatic heterocycles. The van der Waals surface area contributed by atoms with Gasteiger partial charge in [0.1, 0.15) is 0 Å². The minimum absolute atomic E-state index is 0.171. The van der Waals surface area contributed by atoms with Gasteiger partial charge in [0.2, 0.25) is 0 Å². The predicted octanol–water partition coefficient (Wildman–Crippen LogP) is 3.39. The molecule has 0 radical (unpaired) electrons. The molecule has 0 saturated heterocycles. The Balaban J connectivity index is 2.05. The first-order valence-electron chi connectivity index (χ1n) is 6.08. The summed E-state index contributed by atoms with van der Waals surface area (Å²) in [6, 6.07) is 19.7. The molecule has 0 heterocycles. The van der Waals surface area contributed by atoms with Gasteiger partial charge in [-0.2, -0.15) is 5.26 Å². The maximum absolute atomic E-state index is 9.24. The van der Waals surface area contributed by atoms with Crippen molar-refractivity contribution in [1.82, 2.24) is 0 Å². The number of benzene rings is 2. The second kappa shape index (κ2) is 6.28. The van der Waals surface area contributed by atoms with Crippen LogP contribution in [0.4, 0.5) is 5.69 Å². The summed E-state index contributed by atoms with van der Waals surface area (Å²) in [4.78, 5) is 0. The molecule has 1 unspecified atom stereocenters. The topological polar surface area (TPSA) is 35.8 Å². The van der Waals surface area contributed by atoms with Crippen LogP contribution in [0.2, 0.25) is 0 Å². The summed E-state index contributed by atoms with van der Waals surface area (Å²) in [6.45, 7) is 0.564. The second-order valence-corrected chi connectivity index (χ2v) is 4.20. The van der Waals surface area contributed by atoms with Crippen LogP contribution in [0.1, 0.15) is 17.0 Å². The molecular formula is C17H14N2. The quantitative estimate of drug-likeness (QED) is 0.839. The van der Waals surface area contributed by atoms with Crippen molar-refractivity contribution < 1.29 is 0 Å². The lowest BCUT2D eigenvalue weighted by molar-refractivity contribution is 0.901. The zero-order valence-corrected chi connectivity index (χ0v) is 10.5. The van der Waals surface area contributed by atoms with E-state index in [-0.39, 0.29) is 5.92 Å². The van der Waals surface area contributed by atoms with E-state index in [0.29, 0.717) is 6.54 Å². The average molecular weight is 246 g/mol. The molecule has 2 heteroatoms. The minimum atomic E-state index is -0.171. The van der Waals surface area contributed by atoms with Gasteiger partial charge in [0.15, 0.2) is 0 Å². The van der Waals surface area contributed by atoms with Crippen molar-refractivity contribution in [3.63, 3.8) is 0 Å². The Morgan fingerprint density at radius 3 is 2.58 bits per heavy atom. The van der Waals surface area contributed by atoms with Crippen LogP contribution in [0.5, 0.6) is 0 Å². The SMILES string of the molecule is C#Cc1cccc(NCC(C#N)c2ccccc2)c1. The summed E-state index contributed by atoms with van der Waals surface area (Å²) < 4.78 is 0. The molecule has 2 nitrogen and oxygen atoms in total. The first kappa shape index (κ1) is 12.7. The van der Waals surface area contributed by atoms with Gasteiger partial charge in [0.05, 0.1) is 12.0 Å². The van der Waals surface area contributed by atoms with Gasteiger partial charge in [-0.1, -0.05) is 42.3 Å². The van der Waals surface area contributed by atoms with Crippen molar-refractivity contribution >= 4 is 5.69 Å². The van der Waals surface area contributed by atoms with Gasteiger partial charge in [0.25, 0.3) is 0 Å². The third-order valence-corrected chi connectivity index (χ3v) is 2.90. The summed E-state index contributed by atoms with van der Waals surface area (Å²) in [5.74, 6) is 2.42. The zero-order chi connectivity index (χ0) is 13.5. The molecule has 0 aliphatic rings. The van der Waals surface area contributed by atoms with Crippen LogP contribution in [0.25, 0.3) is 0 Å². The van der Waals surface area contributed by atoms with Crippen LogP contribution in [-0.4, -0.2) is 6.54 Å². The first-order valence-corrected chi connectivity index (χ1v) is 6.08. The van der Waals surface area contributed by atoms with Crippen LogP contribution in [-0.2, 0) is 0 Å². The van der Waals surface area contributed by atoms with Gasteiger partial charge in [-0.15, -0.1) is 6.42 Å². The third-order valence-electron chi connectivity index (χ3n) is 2.90. The first-order chi connectivity index (χ1) is 9.33. The fraction of sp³-hybridized carbons (Fsp3) is 0.118. The standard InChI is InChI=1S/C17H14N2/c1-2-14-7-6-10-17(11-14)19-13-16(12-18)15-8-4-3-5-9-15/h1,3-11,16,19H,13H2. The Hall–Kier alpha value is -2.71. The fourth-order valence-electron chi connectivity index (χ4n) is 1.86. The van der Waals surface area contributed by atoms with E-state index in [1.165, 1.54) is 0 Å². The van der Waals surface area contributed by atoms with Gasteiger partial charge in [-0.25, -0.2) is 0 Å². The van der Waals surface area contributed by atoms with E-state index in [4.69, 9.17) is 6.42 Å². The van der Waals surface area contributed by atoms with E-state index in [1.807, 2.05) is 54.6 Å². The third kappa shape index (κ3) is 3.37. The molecule has 0 aliphatic carbocycles.